The largest absolute Gasteiger partial charge is 0.336 e. The van der Waals surface area contributed by atoms with Crippen molar-refractivity contribution < 1.29 is 18.4 Å². The zero-order valence-corrected chi connectivity index (χ0v) is 17.0. The number of rotatable bonds is 4. The number of carbonyl (C=O) groups is 2. The minimum atomic E-state index is -1.05. The first-order chi connectivity index (χ1) is 13.7. The second kappa shape index (κ2) is 8.88. The van der Waals surface area contributed by atoms with E-state index in [4.69, 9.17) is 11.6 Å². The first kappa shape index (κ1) is 21.2. The number of piperazine rings is 1. The van der Waals surface area contributed by atoms with Crippen LogP contribution in [0.25, 0.3) is 0 Å². The summed E-state index contributed by atoms with van der Waals surface area (Å²) in [6.07, 6.45) is 0. The Morgan fingerprint density at radius 3 is 2.34 bits per heavy atom. The fourth-order valence-corrected chi connectivity index (χ4v) is 3.75. The van der Waals surface area contributed by atoms with E-state index in [9.17, 15) is 18.4 Å². The fourth-order valence-electron chi connectivity index (χ4n) is 3.38. The molecule has 1 aliphatic rings. The van der Waals surface area contributed by atoms with E-state index in [1.54, 1.807) is 11.0 Å². The molecule has 1 fully saturated rings. The number of aryl methyl sites for hydroxylation is 2. The summed E-state index contributed by atoms with van der Waals surface area (Å²) in [5.74, 6) is -2.56. The number of hydrogen-bond donors (Lipinski definition) is 1. The maximum Gasteiger partial charge on any atom is 0.254 e. The third-order valence-electron chi connectivity index (χ3n) is 4.89. The van der Waals surface area contributed by atoms with Crippen molar-refractivity contribution in [1.82, 2.24) is 9.80 Å². The van der Waals surface area contributed by atoms with E-state index in [0.717, 1.165) is 23.3 Å². The third kappa shape index (κ3) is 5.10. The van der Waals surface area contributed by atoms with E-state index in [1.165, 1.54) is 6.07 Å². The number of anilines is 1. The van der Waals surface area contributed by atoms with Gasteiger partial charge in [-0.25, -0.2) is 8.78 Å². The quantitative estimate of drug-likeness (QED) is 0.820. The number of halogens is 3. The van der Waals surface area contributed by atoms with Gasteiger partial charge in [0, 0.05) is 31.7 Å². The molecule has 2 aromatic rings. The van der Waals surface area contributed by atoms with Crippen molar-refractivity contribution in [1.29, 1.82) is 0 Å². The smallest absolute Gasteiger partial charge is 0.254 e. The standard InChI is InChI=1S/C21H22ClF2N3O2/c1-13-9-14(2)20(16(22)10-13)25-19(28)12-26-5-7-27(8-6-26)21(29)15-3-4-17(23)18(24)11-15/h3-4,9-11H,5-8,12H2,1-2H3,(H,25,28). The molecular weight excluding hydrogens is 400 g/mol. The molecule has 0 saturated carbocycles. The number of nitrogens with zero attached hydrogens (tertiary/aromatic N) is 2. The molecule has 1 heterocycles. The summed E-state index contributed by atoms with van der Waals surface area (Å²) in [6.45, 7) is 5.80. The van der Waals surface area contributed by atoms with Crippen molar-refractivity contribution >= 4 is 29.1 Å². The molecule has 0 aromatic heterocycles. The number of amides is 2. The predicted octanol–water partition coefficient (Wildman–Crippen LogP) is 3.63. The van der Waals surface area contributed by atoms with Gasteiger partial charge in [0.05, 0.1) is 17.3 Å². The molecule has 1 aliphatic heterocycles. The van der Waals surface area contributed by atoms with Crippen LogP contribution in [0.3, 0.4) is 0 Å². The van der Waals surface area contributed by atoms with Crippen LogP contribution in [0.2, 0.25) is 5.02 Å². The molecule has 5 nitrogen and oxygen atoms in total. The van der Waals surface area contributed by atoms with E-state index < -0.39 is 11.6 Å². The Hall–Kier alpha value is -2.51. The number of hydrogen-bond acceptors (Lipinski definition) is 3. The van der Waals surface area contributed by atoms with Crippen molar-refractivity contribution in [3.05, 3.63) is 63.7 Å². The minimum absolute atomic E-state index is 0.111. The molecule has 8 heteroatoms. The van der Waals surface area contributed by atoms with Crippen LogP contribution in [-0.4, -0.2) is 54.3 Å². The van der Waals surface area contributed by atoms with E-state index >= 15 is 0 Å². The highest BCUT2D eigenvalue weighted by Gasteiger charge is 2.24. The van der Waals surface area contributed by atoms with E-state index in [2.05, 4.69) is 5.32 Å². The summed E-state index contributed by atoms with van der Waals surface area (Å²) in [7, 11) is 0. The molecule has 0 aliphatic carbocycles. The van der Waals surface area contributed by atoms with Crippen LogP contribution >= 0.6 is 11.6 Å². The second-order valence-corrected chi connectivity index (χ2v) is 7.59. The summed E-state index contributed by atoms with van der Waals surface area (Å²) in [6, 6.07) is 6.87. The maximum absolute atomic E-state index is 13.4. The molecule has 1 N–H and O–H groups in total. The SMILES string of the molecule is Cc1cc(C)c(NC(=O)CN2CCN(C(=O)c3ccc(F)c(F)c3)CC2)c(Cl)c1. The van der Waals surface area contributed by atoms with Crippen molar-refractivity contribution in [2.75, 3.05) is 38.0 Å². The van der Waals surface area contributed by atoms with Crippen LogP contribution in [0, 0.1) is 25.5 Å². The Morgan fingerprint density at radius 2 is 1.72 bits per heavy atom. The number of carbonyl (C=O) groups excluding carboxylic acids is 2. The Bertz CT molecular complexity index is 921. The van der Waals surface area contributed by atoms with Gasteiger partial charge in [0.1, 0.15) is 0 Å². The van der Waals surface area contributed by atoms with Gasteiger partial charge in [-0.2, -0.15) is 0 Å². The summed E-state index contributed by atoms with van der Waals surface area (Å²) in [4.78, 5) is 28.4. The highest BCUT2D eigenvalue weighted by molar-refractivity contribution is 6.34. The van der Waals surface area contributed by atoms with Gasteiger partial charge in [-0.05, 0) is 49.2 Å². The summed E-state index contributed by atoms with van der Waals surface area (Å²) < 4.78 is 26.4. The van der Waals surface area contributed by atoms with Crippen LogP contribution < -0.4 is 5.32 Å². The number of nitrogens with one attached hydrogen (secondary N) is 1. The predicted molar refractivity (Wildman–Crippen MR) is 108 cm³/mol. The van der Waals surface area contributed by atoms with Crippen molar-refractivity contribution in [2.45, 2.75) is 13.8 Å². The first-order valence-electron chi connectivity index (χ1n) is 9.28. The summed E-state index contributed by atoms with van der Waals surface area (Å²) in [5, 5.41) is 3.35. The highest BCUT2D eigenvalue weighted by Crippen LogP contribution is 2.27. The molecule has 0 radical (unpaired) electrons. The first-order valence-corrected chi connectivity index (χ1v) is 9.65. The molecular formula is C21H22ClF2N3O2. The molecule has 29 heavy (non-hydrogen) atoms. The van der Waals surface area contributed by atoms with Gasteiger partial charge in [-0.15, -0.1) is 0 Å². The lowest BCUT2D eigenvalue weighted by Gasteiger charge is -2.34. The van der Waals surface area contributed by atoms with E-state index in [1.807, 2.05) is 24.8 Å². The van der Waals surface area contributed by atoms with Gasteiger partial charge in [0.25, 0.3) is 5.91 Å². The van der Waals surface area contributed by atoms with Crippen LogP contribution in [0.1, 0.15) is 21.5 Å². The molecule has 2 amide bonds. The Morgan fingerprint density at radius 1 is 1.03 bits per heavy atom. The molecule has 154 valence electrons. The molecule has 3 rings (SSSR count). The van der Waals surface area contributed by atoms with Crippen molar-refractivity contribution in [3.8, 4) is 0 Å². The lowest BCUT2D eigenvalue weighted by Crippen LogP contribution is -2.50. The maximum atomic E-state index is 13.4. The Balaban J connectivity index is 1.54. The van der Waals surface area contributed by atoms with E-state index in [-0.39, 0.29) is 23.9 Å². The van der Waals surface area contributed by atoms with Crippen LogP contribution in [0.4, 0.5) is 14.5 Å². The Kier molecular flexibility index (Phi) is 6.49. The molecule has 0 unspecified atom stereocenters. The topological polar surface area (TPSA) is 52.7 Å². The second-order valence-electron chi connectivity index (χ2n) is 7.18. The number of benzene rings is 2. The van der Waals surface area contributed by atoms with Gasteiger partial charge in [-0.3, -0.25) is 14.5 Å². The minimum Gasteiger partial charge on any atom is -0.336 e. The van der Waals surface area contributed by atoms with Crippen molar-refractivity contribution in [2.24, 2.45) is 0 Å². The average molecular weight is 422 g/mol. The Labute approximate surface area is 173 Å². The van der Waals surface area contributed by atoms with Gasteiger partial charge in [0.15, 0.2) is 11.6 Å². The molecule has 0 atom stereocenters. The van der Waals surface area contributed by atoms with Gasteiger partial charge >= 0.3 is 0 Å². The molecule has 0 bridgehead atoms. The van der Waals surface area contributed by atoms with Crippen LogP contribution in [0.15, 0.2) is 30.3 Å². The average Bonchev–Trinajstić information content (AvgIpc) is 2.67. The highest BCUT2D eigenvalue weighted by atomic mass is 35.5. The normalized spacial score (nSPS) is 14.7. The van der Waals surface area contributed by atoms with Gasteiger partial charge in [-0.1, -0.05) is 17.7 Å². The van der Waals surface area contributed by atoms with E-state index in [0.29, 0.717) is 36.9 Å². The monoisotopic (exact) mass is 421 g/mol. The zero-order valence-electron chi connectivity index (χ0n) is 16.3. The van der Waals surface area contributed by atoms with Crippen molar-refractivity contribution in [3.63, 3.8) is 0 Å². The lowest BCUT2D eigenvalue weighted by atomic mass is 10.1. The van der Waals surface area contributed by atoms with Crippen LogP contribution in [-0.2, 0) is 4.79 Å². The summed E-state index contributed by atoms with van der Waals surface area (Å²) >= 11 is 6.23. The molecule has 0 spiro atoms. The lowest BCUT2D eigenvalue weighted by molar-refractivity contribution is -0.117. The summed E-state index contributed by atoms with van der Waals surface area (Å²) in [5.41, 5.74) is 2.63. The third-order valence-corrected chi connectivity index (χ3v) is 5.19. The van der Waals surface area contributed by atoms with Gasteiger partial charge in [0.2, 0.25) is 5.91 Å². The fraction of sp³-hybridized carbons (Fsp3) is 0.333. The van der Waals surface area contributed by atoms with Gasteiger partial charge < -0.3 is 10.2 Å². The molecule has 2 aromatic carbocycles. The van der Waals surface area contributed by atoms with Crippen LogP contribution in [0.5, 0.6) is 0 Å². The zero-order chi connectivity index (χ0) is 21.1. The molecule has 1 saturated heterocycles.